The molecule has 27 heavy (non-hydrogen) atoms. The average molecular weight is 387 g/mol. The summed E-state index contributed by atoms with van der Waals surface area (Å²) in [4.78, 5) is 12.3. The third kappa shape index (κ3) is 9.88. The van der Waals surface area contributed by atoms with Crippen LogP contribution in [0.4, 0.5) is 0 Å². The highest BCUT2D eigenvalue weighted by Gasteiger charge is 2.34. The summed E-state index contributed by atoms with van der Waals surface area (Å²) >= 11 is 0. The van der Waals surface area contributed by atoms with Crippen LogP contribution in [0.25, 0.3) is 0 Å². The SMILES string of the molecule is CCC(COCC1CO1)(COCC1CO1)COC(=O)CC(C)CC(C)(C)C. The molecule has 3 atom stereocenters. The van der Waals surface area contributed by atoms with Crippen molar-refractivity contribution in [3.05, 3.63) is 0 Å². The largest absolute Gasteiger partial charge is 0.465 e. The monoisotopic (exact) mass is 386 g/mol. The molecule has 0 radical (unpaired) electrons. The van der Waals surface area contributed by atoms with Gasteiger partial charge in [-0.2, -0.15) is 0 Å². The Morgan fingerprint density at radius 1 is 1.04 bits per heavy atom. The van der Waals surface area contributed by atoms with E-state index < -0.39 is 0 Å². The van der Waals surface area contributed by atoms with E-state index in [1.807, 2.05) is 0 Å². The third-order valence-corrected chi connectivity index (χ3v) is 4.99. The first-order valence-corrected chi connectivity index (χ1v) is 10.3. The maximum Gasteiger partial charge on any atom is 0.306 e. The Labute approximate surface area is 164 Å². The summed E-state index contributed by atoms with van der Waals surface area (Å²) in [6.07, 6.45) is 2.71. The van der Waals surface area contributed by atoms with Crippen molar-refractivity contribution in [3.8, 4) is 0 Å². The van der Waals surface area contributed by atoms with Crippen LogP contribution < -0.4 is 0 Å². The minimum atomic E-state index is -0.327. The standard InChI is InChI=1S/C21H38O6/c1-6-21(13-23-9-17-11-25-17,14-24-10-18-12-26-18)15-27-19(22)7-16(2)8-20(3,4)5/h16-18H,6-15H2,1-5H3. The first-order chi connectivity index (χ1) is 12.7. The molecule has 6 heteroatoms. The third-order valence-electron chi connectivity index (χ3n) is 4.99. The Kier molecular flexibility index (Phi) is 8.53. The van der Waals surface area contributed by atoms with E-state index >= 15 is 0 Å². The van der Waals surface area contributed by atoms with Gasteiger partial charge in [0.25, 0.3) is 0 Å². The molecule has 0 aromatic heterocycles. The molecule has 2 saturated heterocycles. The van der Waals surface area contributed by atoms with Crippen LogP contribution in [0, 0.1) is 16.7 Å². The zero-order valence-electron chi connectivity index (χ0n) is 17.8. The second-order valence-electron chi connectivity index (χ2n) is 9.53. The van der Waals surface area contributed by atoms with E-state index in [1.165, 1.54) is 0 Å². The van der Waals surface area contributed by atoms with E-state index in [1.54, 1.807) is 0 Å². The minimum Gasteiger partial charge on any atom is -0.465 e. The lowest BCUT2D eigenvalue weighted by molar-refractivity contribution is -0.153. The van der Waals surface area contributed by atoms with E-state index in [9.17, 15) is 4.79 Å². The average Bonchev–Trinajstić information content (AvgIpc) is 3.45. The van der Waals surface area contributed by atoms with Gasteiger partial charge in [-0.25, -0.2) is 0 Å². The molecule has 0 aliphatic carbocycles. The smallest absolute Gasteiger partial charge is 0.306 e. The van der Waals surface area contributed by atoms with Gasteiger partial charge in [0.15, 0.2) is 0 Å². The van der Waals surface area contributed by atoms with E-state index in [2.05, 4.69) is 34.6 Å². The van der Waals surface area contributed by atoms with Crippen LogP contribution in [0.5, 0.6) is 0 Å². The normalized spacial score (nSPS) is 24.9. The van der Waals surface area contributed by atoms with Crippen LogP contribution in [0.1, 0.15) is 53.9 Å². The predicted molar refractivity (Wildman–Crippen MR) is 103 cm³/mol. The molecule has 2 heterocycles. The van der Waals surface area contributed by atoms with Gasteiger partial charge in [-0.15, -0.1) is 0 Å². The van der Waals surface area contributed by atoms with Crippen molar-refractivity contribution < 1.29 is 28.5 Å². The van der Waals surface area contributed by atoms with Gasteiger partial charge in [0.1, 0.15) is 18.8 Å². The van der Waals surface area contributed by atoms with E-state index in [0.29, 0.717) is 45.4 Å². The second kappa shape index (κ2) is 10.2. The lowest BCUT2D eigenvalue weighted by atomic mass is 9.84. The molecular weight excluding hydrogens is 348 g/mol. The highest BCUT2D eigenvalue weighted by atomic mass is 16.6. The molecule has 2 rings (SSSR count). The summed E-state index contributed by atoms with van der Waals surface area (Å²) in [5.41, 5.74) is -0.114. The van der Waals surface area contributed by atoms with Gasteiger partial charge >= 0.3 is 5.97 Å². The van der Waals surface area contributed by atoms with Gasteiger partial charge in [-0.1, -0.05) is 34.6 Å². The molecule has 6 nitrogen and oxygen atoms in total. The molecule has 0 saturated carbocycles. The summed E-state index contributed by atoms with van der Waals surface area (Å²) < 4.78 is 27.7. The fraction of sp³-hybridized carbons (Fsp3) is 0.952. The van der Waals surface area contributed by atoms with E-state index in [0.717, 1.165) is 26.1 Å². The van der Waals surface area contributed by atoms with Crippen LogP contribution in [0.3, 0.4) is 0 Å². The molecule has 0 spiro atoms. The summed E-state index contributed by atoms with van der Waals surface area (Å²) in [7, 11) is 0. The summed E-state index contributed by atoms with van der Waals surface area (Å²) in [6.45, 7) is 14.8. The maximum atomic E-state index is 12.3. The first-order valence-electron chi connectivity index (χ1n) is 10.3. The van der Waals surface area contributed by atoms with Crippen molar-refractivity contribution in [1.29, 1.82) is 0 Å². The van der Waals surface area contributed by atoms with Gasteiger partial charge in [0, 0.05) is 6.42 Å². The molecule has 2 fully saturated rings. The number of esters is 1. The summed E-state index contributed by atoms with van der Waals surface area (Å²) in [6, 6.07) is 0. The van der Waals surface area contributed by atoms with Gasteiger partial charge < -0.3 is 23.7 Å². The number of hydrogen-bond acceptors (Lipinski definition) is 6. The van der Waals surface area contributed by atoms with Crippen molar-refractivity contribution in [1.82, 2.24) is 0 Å². The molecule has 158 valence electrons. The van der Waals surface area contributed by atoms with E-state index in [-0.39, 0.29) is 29.0 Å². The topological polar surface area (TPSA) is 69.8 Å². The summed E-state index contributed by atoms with van der Waals surface area (Å²) in [5, 5.41) is 0. The molecule has 0 amide bonds. The fourth-order valence-electron chi connectivity index (χ4n) is 3.27. The second-order valence-corrected chi connectivity index (χ2v) is 9.53. The molecule has 0 N–H and O–H groups in total. The molecular formula is C21H38O6. The van der Waals surface area contributed by atoms with Gasteiger partial charge in [0.2, 0.25) is 0 Å². The molecule has 2 aliphatic heterocycles. The van der Waals surface area contributed by atoms with Gasteiger partial charge in [0.05, 0.1) is 45.1 Å². The van der Waals surface area contributed by atoms with Crippen molar-refractivity contribution in [3.63, 3.8) is 0 Å². The Morgan fingerprint density at radius 3 is 1.96 bits per heavy atom. The Balaban J connectivity index is 1.79. The zero-order chi connectivity index (χ0) is 19.9. The van der Waals surface area contributed by atoms with Crippen LogP contribution in [-0.4, -0.2) is 64.4 Å². The minimum absolute atomic E-state index is 0.138. The van der Waals surface area contributed by atoms with Crippen molar-refractivity contribution >= 4 is 5.97 Å². The number of carbonyl (C=O) groups is 1. The van der Waals surface area contributed by atoms with Gasteiger partial charge in [-0.05, 0) is 24.2 Å². The maximum absolute atomic E-state index is 12.3. The number of rotatable bonds is 14. The van der Waals surface area contributed by atoms with Crippen molar-refractivity contribution in [2.75, 3.05) is 46.2 Å². The lowest BCUT2D eigenvalue weighted by Gasteiger charge is -2.32. The van der Waals surface area contributed by atoms with E-state index in [4.69, 9.17) is 23.7 Å². The zero-order valence-corrected chi connectivity index (χ0v) is 17.8. The molecule has 3 unspecified atom stereocenters. The fourth-order valence-corrected chi connectivity index (χ4v) is 3.27. The summed E-state index contributed by atoms with van der Waals surface area (Å²) in [5.74, 6) is 0.167. The molecule has 0 bridgehead atoms. The van der Waals surface area contributed by atoms with Crippen LogP contribution in [-0.2, 0) is 28.5 Å². The van der Waals surface area contributed by atoms with Crippen molar-refractivity contribution in [2.45, 2.75) is 66.1 Å². The highest BCUT2D eigenvalue weighted by Crippen LogP contribution is 2.28. The van der Waals surface area contributed by atoms with Crippen LogP contribution in [0.2, 0.25) is 0 Å². The molecule has 0 aromatic rings. The number of ether oxygens (including phenoxy) is 5. The molecule has 2 aliphatic rings. The van der Waals surface area contributed by atoms with Crippen LogP contribution >= 0.6 is 0 Å². The van der Waals surface area contributed by atoms with Crippen LogP contribution in [0.15, 0.2) is 0 Å². The number of carbonyl (C=O) groups excluding carboxylic acids is 1. The highest BCUT2D eigenvalue weighted by molar-refractivity contribution is 5.69. The Bertz CT molecular complexity index is 432. The number of epoxide rings is 2. The molecule has 0 aromatic carbocycles. The van der Waals surface area contributed by atoms with Crippen molar-refractivity contribution in [2.24, 2.45) is 16.7 Å². The lowest BCUT2D eigenvalue weighted by Crippen LogP contribution is -2.38. The quantitative estimate of drug-likeness (QED) is 0.337. The predicted octanol–water partition coefficient (Wildman–Crippen LogP) is 3.22. The number of hydrogen-bond donors (Lipinski definition) is 0. The Hall–Kier alpha value is -0.690. The Morgan fingerprint density at radius 2 is 1.56 bits per heavy atom. The van der Waals surface area contributed by atoms with Gasteiger partial charge in [-0.3, -0.25) is 4.79 Å². The first kappa shape index (κ1) is 22.6.